The van der Waals surface area contributed by atoms with E-state index in [1.165, 1.54) is 6.20 Å². The first-order valence-electron chi connectivity index (χ1n) is 6.06. The van der Waals surface area contributed by atoms with Crippen molar-refractivity contribution in [1.29, 1.82) is 0 Å². The van der Waals surface area contributed by atoms with Crippen LogP contribution in [0.2, 0.25) is 0 Å². The van der Waals surface area contributed by atoms with Crippen molar-refractivity contribution in [3.8, 4) is 0 Å². The molecule has 8 heteroatoms. The van der Waals surface area contributed by atoms with E-state index >= 15 is 0 Å². The van der Waals surface area contributed by atoms with Crippen molar-refractivity contribution < 1.29 is 4.92 Å². The van der Waals surface area contributed by atoms with Crippen LogP contribution in [0.1, 0.15) is 13.8 Å². The highest BCUT2D eigenvalue weighted by atomic mass is 32.2. The number of hydrogen-bond acceptors (Lipinski definition) is 7. The molecule has 1 rings (SSSR count). The minimum absolute atomic E-state index is 0.0991. The van der Waals surface area contributed by atoms with Crippen LogP contribution in [0.15, 0.2) is 6.20 Å². The number of aromatic nitrogens is 2. The van der Waals surface area contributed by atoms with Gasteiger partial charge in [0.25, 0.3) is 0 Å². The molecule has 0 radical (unpaired) electrons. The van der Waals surface area contributed by atoms with E-state index in [2.05, 4.69) is 27.5 Å². The molecule has 1 heterocycles. The fourth-order valence-corrected chi connectivity index (χ4v) is 2.18. The van der Waals surface area contributed by atoms with Crippen LogP contribution in [-0.2, 0) is 0 Å². The fourth-order valence-electron chi connectivity index (χ4n) is 1.50. The van der Waals surface area contributed by atoms with E-state index in [1.54, 1.807) is 11.8 Å². The smallest absolute Gasteiger partial charge is 0.329 e. The second-order valence-electron chi connectivity index (χ2n) is 4.16. The maximum absolute atomic E-state index is 10.9. The zero-order chi connectivity index (χ0) is 14.3. The number of hydrogen-bond donors (Lipinski definition) is 2. The molecule has 0 spiro atoms. The van der Waals surface area contributed by atoms with Crippen molar-refractivity contribution in [2.75, 3.05) is 35.7 Å². The number of nitro groups is 1. The molecule has 7 nitrogen and oxygen atoms in total. The van der Waals surface area contributed by atoms with Crippen molar-refractivity contribution in [2.45, 2.75) is 13.8 Å². The average Bonchev–Trinajstić information content (AvgIpc) is 2.37. The zero-order valence-electron chi connectivity index (χ0n) is 11.3. The van der Waals surface area contributed by atoms with Gasteiger partial charge in [0.1, 0.15) is 6.20 Å². The van der Waals surface area contributed by atoms with E-state index in [0.717, 1.165) is 5.75 Å². The van der Waals surface area contributed by atoms with Crippen LogP contribution in [0.5, 0.6) is 0 Å². The van der Waals surface area contributed by atoms with Gasteiger partial charge in [-0.25, -0.2) is 4.98 Å². The predicted octanol–water partition coefficient (Wildman–Crippen LogP) is 2.23. The Balaban J connectivity index is 2.82. The molecule has 0 aromatic carbocycles. The van der Waals surface area contributed by atoms with Gasteiger partial charge < -0.3 is 10.6 Å². The first-order chi connectivity index (χ1) is 9.08. The first kappa shape index (κ1) is 15.5. The molecule has 1 atom stereocenters. The molecule has 2 N–H and O–H groups in total. The molecular weight excluding hydrogens is 266 g/mol. The Bertz CT molecular complexity index is 430. The molecule has 0 saturated carbocycles. The third-order valence-electron chi connectivity index (χ3n) is 2.37. The molecular formula is C11H19N5O2S. The molecule has 0 aliphatic heterocycles. The third kappa shape index (κ3) is 4.90. The largest absolute Gasteiger partial charge is 0.364 e. The van der Waals surface area contributed by atoms with Crippen molar-refractivity contribution in [3.63, 3.8) is 0 Å². The Hall–Kier alpha value is -1.57. The number of nitrogens with zero attached hydrogens (tertiary/aromatic N) is 3. The summed E-state index contributed by atoms with van der Waals surface area (Å²) in [5.74, 6) is 2.07. The Morgan fingerprint density at radius 3 is 2.84 bits per heavy atom. The Morgan fingerprint density at radius 2 is 2.26 bits per heavy atom. The van der Waals surface area contributed by atoms with Gasteiger partial charge in [0, 0.05) is 13.1 Å². The van der Waals surface area contributed by atoms with E-state index in [4.69, 9.17) is 0 Å². The molecule has 0 bridgehead atoms. The van der Waals surface area contributed by atoms with E-state index < -0.39 is 4.92 Å². The van der Waals surface area contributed by atoms with Crippen molar-refractivity contribution in [1.82, 2.24) is 9.97 Å². The minimum Gasteiger partial charge on any atom is -0.364 e. The second kappa shape index (κ2) is 7.78. The van der Waals surface area contributed by atoms with Gasteiger partial charge in [0.2, 0.25) is 11.8 Å². The van der Waals surface area contributed by atoms with Gasteiger partial charge in [-0.2, -0.15) is 16.7 Å². The fraction of sp³-hybridized carbons (Fsp3) is 0.636. The van der Waals surface area contributed by atoms with Crippen molar-refractivity contribution >= 4 is 29.2 Å². The lowest BCUT2D eigenvalue weighted by atomic mass is 10.2. The normalized spacial score (nSPS) is 11.9. The van der Waals surface area contributed by atoms with Gasteiger partial charge in [-0.3, -0.25) is 10.1 Å². The van der Waals surface area contributed by atoms with E-state index in [1.807, 2.05) is 13.2 Å². The second-order valence-corrected chi connectivity index (χ2v) is 5.07. The van der Waals surface area contributed by atoms with Crippen molar-refractivity contribution in [3.05, 3.63) is 16.3 Å². The van der Waals surface area contributed by atoms with Gasteiger partial charge in [0.15, 0.2) is 0 Å². The van der Waals surface area contributed by atoms with Crippen LogP contribution < -0.4 is 10.6 Å². The summed E-state index contributed by atoms with van der Waals surface area (Å²) in [6.45, 7) is 5.31. The number of nitrogens with one attached hydrogen (secondary N) is 2. The van der Waals surface area contributed by atoms with Gasteiger partial charge in [0.05, 0.1) is 4.92 Å². The quantitative estimate of drug-likeness (QED) is 0.558. The first-order valence-corrected chi connectivity index (χ1v) is 7.46. The van der Waals surface area contributed by atoms with Crippen LogP contribution >= 0.6 is 11.8 Å². The molecule has 0 aliphatic carbocycles. The minimum atomic E-state index is -0.475. The lowest BCUT2D eigenvalue weighted by Crippen LogP contribution is -2.16. The number of anilines is 2. The highest BCUT2D eigenvalue weighted by Crippen LogP contribution is 2.22. The molecule has 0 saturated heterocycles. The summed E-state index contributed by atoms with van der Waals surface area (Å²) >= 11 is 1.75. The topological polar surface area (TPSA) is 93.0 Å². The molecule has 0 fully saturated rings. The number of thioether (sulfide) groups is 1. The molecule has 1 aromatic rings. The highest BCUT2D eigenvalue weighted by Gasteiger charge is 2.17. The third-order valence-corrected chi connectivity index (χ3v) is 3.27. The van der Waals surface area contributed by atoms with Crippen LogP contribution in [0.4, 0.5) is 17.5 Å². The number of rotatable bonds is 8. The van der Waals surface area contributed by atoms with E-state index in [9.17, 15) is 10.1 Å². The SMILES string of the molecule is CCNc1ncc([N+](=O)[O-])c(NCC(C)CSC)n1. The monoisotopic (exact) mass is 285 g/mol. The van der Waals surface area contributed by atoms with Crippen LogP contribution in [-0.4, -0.2) is 40.0 Å². The summed E-state index contributed by atoms with van der Waals surface area (Å²) in [6, 6.07) is 0. The Morgan fingerprint density at radius 1 is 1.53 bits per heavy atom. The lowest BCUT2D eigenvalue weighted by molar-refractivity contribution is -0.384. The van der Waals surface area contributed by atoms with Crippen LogP contribution in [0.25, 0.3) is 0 Å². The average molecular weight is 285 g/mol. The predicted molar refractivity (Wildman–Crippen MR) is 78.9 cm³/mol. The highest BCUT2D eigenvalue weighted by molar-refractivity contribution is 7.98. The van der Waals surface area contributed by atoms with E-state index in [-0.39, 0.29) is 11.5 Å². The summed E-state index contributed by atoms with van der Waals surface area (Å²) in [5, 5.41) is 16.9. The van der Waals surface area contributed by atoms with Crippen molar-refractivity contribution in [2.24, 2.45) is 5.92 Å². The summed E-state index contributed by atoms with van der Waals surface area (Å²) in [4.78, 5) is 18.5. The standard InChI is InChI=1S/C11H19N5O2S/c1-4-12-11-14-6-9(16(17)18)10(15-11)13-5-8(2)7-19-3/h6,8H,4-5,7H2,1-3H3,(H2,12,13,14,15). The summed E-state index contributed by atoms with van der Waals surface area (Å²) in [7, 11) is 0. The van der Waals surface area contributed by atoms with Gasteiger partial charge in [-0.1, -0.05) is 6.92 Å². The summed E-state index contributed by atoms with van der Waals surface area (Å²) < 4.78 is 0. The molecule has 1 unspecified atom stereocenters. The maximum Gasteiger partial charge on any atom is 0.329 e. The lowest BCUT2D eigenvalue weighted by Gasteiger charge is -2.12. The van der Waals surface area contributed by atoms with Crippen LogP contribution in [0.3, 0.4) is 0 Å². The van der Waals surface area contributed by atoms with E-state index in [0.29, 0.717) is 25.0 Å². The molecule has 0 aliphatic rings. The summed E-state index contributed by atoms with van der Waals surface area (Å²) in [5.41, 5.74) is -0.0991. The van der Waals surface area contributed by atoms with Gasteiger partial charge in [-0.05, 0) is 24.9 Å². The molecule has 19 heavy (non-hydrogen) atoms. The van der Waals surface area contributed by atoms with Gasteiger partial charge >= 0.3 is 5.69 Å². The Kier molecular flexibility index (Phi) is 6.34. The van der Waals surface area contributed by atoms with Crippen LogP contribution in [0, 0.1) is 16.0 Å². The Labute approximate surface area is 116 Å². The zero-order valence-corrected chi connectivity index (χ0v) is 12.2. The van der Waals surface area contributed by atoms with Gasteiger partial charge in [-0.15, -0.1) is 0 Å². The maximum atomic E-state index is 10.9. The summed E-state index contributed by atoms with van der Waals surface area (Å²) in [6.07, 6.45) is 3.26. The molecule has 0 amide bonds. The molecule has 106 valence electrons. The molecule has 1 aromatic heterocycles.